The number of hydrogen-bond donors (Lipinski definition) is 2. The Hall–Kier alpha value is -3.12. The van der Waals surface area contributed by atoms with Gasteiger partial charge in [-0.3, -0.25) is 9.48 Å². The van der Waals surface area contributed by atoms with Gasteiger partial charge in [0.15, 0.2) is 5.69 Å². The number of amides is 1. The van der Waals surface area contributed by atoms with E-state index in [0.29, 0.717) is 37.5 Å². The van der Waals surface area contributed by atoms with Crippen molar-refractivity contribution in [1.29, 1.82) is 0 Å². The van der Waals surface area contributed by atoms with Crippen molar-refractivity contribution in [2.75, 3.05) is 19.8 Å². The number of hydrogen-bond acceptors (Lipinski definition) is 8. The molecule has 3 aromatic rings. The van der Waals surface area contributed by atoms with Crippen LogP contribution in [0.1, 0.15) is 93.1 Å². The molecule has 0 aromatic carbocycles. The zero-order chi connectivity index (χ0) is 27.1. The summed E-state index contributed by atoms with van der Waals surface area (Å²) < 4.78 is 9.13. The highest BCUT2D eigenvalue weighted by atomic mass is 16.5. The summed E-state index contributed by atoms with van der Waals surface area (Å²) in [5.41, 5.74) is 2.21. The van der Waals surface area contributed by atoms with E-state index >= 15 is 0 Å². The van der Waals surface area contributed by atoms with E-state index in [1.807, 2.05) is 31.6 Å². The summed E-state index contributed by atoms with van der Waals surface area (Å²) in [4.78, 5) is 13.9. The highest BCUT2D eigenvalue weighted by Crippen LogP contribution is 2.22. The van der Waals surface area contributed by atoms with Crippen LogP contribution < -0.4 is 5.32 Å². The van der Waals surface area contributed by atoms with Gasteiger partial charge in [0.25, 0.3) is 5.91 Å². The molecule has 12 heteroatoms. The molecule has 1 aliphatic rings. The van der Waals surface area contributed by atoms with Gasteiger partial charge in [0, 0.05) is 49.7 Å². The maximum absolute atomic E-state index is 12.3. The molecule has 1 amide bonds. The van der Waals surface area contributed by atoms with Gasteiger partial charge in [-0.15, -0.1) is 5.10 Å². The monoisotopic (exact) mass is 527 g/mol. The van der Waals surface area contributed by atoms with E-state index in [1.54, 1.807) is 21.9 Å². The van der Waals surface area contributed by atoms with Crippen LogP contribution in [0.25, 0.3) is 0 Å². The normalized spacial score (nSPS) is 18.1. The van der Waals surface area contributed by atoms with Gasteiger partial charge in [-0.1, -0.05) is 19.1 Å². The molecule has 0 bridgehead atoms. The summed E-state index contributed by atoms with van der Waals surface area (Å²) in [5.74, 6) is 0.682. The average molecular weight is 528 g/mol. The minimum absolute atomic E-state index is 0.110. The first kappa shape index (κ1) is 27.9. The predicted molar refractivity (Wildman–Crippen MR) is 141 cm³/mol. The molecule has 0 saturated carbocycles. The van der Waals surface area contributed by atoms with E-state index in [4.69, 9.17) is 9.84 Å². The van der Waals surface area contributed by atoms with Crippen LogP contribution in [0.4, 0.5) is 0 Å². The van der Waals surface area contributed by atoms with Crippen molar-refractivity contribution in [3.8, 4) is 0 Å². The zero-order valence-corrected chi connectivity index (χ0v) is 22.9. The molecule has 1 saturated heterocycles. The highest BCUT2D eigenvalue weighted by Gasteiger charge is 2.19. The Morgan fingerprint density at radius 3 is 2.71 bits per heavy atom. The zero-order valence-electron chi connectivity index (χ0n) is 22.9. The van der Waals surface area contributed by atoms with E-state index in [-0.39, 0.29) is 23.8 Å². The van der Waals surface area contributed by atoms with Crippen molar-refractivity contribution in [1.82, 2.24) is 45.1 Å². The second kappa shape index (κ2) is 13.1. The molecule has 208 valence electrons. The second-order valence-corrected chi connectivity index (χ2v) is 10.8. The Morgan fingerprint density at radius 1 is 1.16 bits per heavy atom. The molecule has 0 radical (unpaired) electrons. The van der Waals surface area contributed by atoms with Crippen LogP contribution in [0, 0.1) is 5.92 Å². The quantitative estimate of drug-likeness (QED) is 0.326. The van der Waals surface area contributed by atoms with Gasteiger partial charge < -0.3 is 15.2 Å². The molecule has 3 aromatic heterocycles. The number of ether oxygens (including phenoxy) is 1. The summed E-state index contributed by atoms with van der Waals surface area (Å²) in [6, 6.07) is 2.23. The molecular weight excluding hydrogens is 486 g/mol. The molecule has 1 fully saturated rings. The van der Waals surface area contributed by atoms with E-state index < -0.39 is 6.10 Å². The number of aliphatic hydroxyl groups is 1. The van der Waals surface area contributed by atoms with Gasteiger partial charge in [0.05, 0.1) is 43.0 Å². The molecule has 2 N–H and O–H groups in total. The fourth-order valence-electron chi connectivity index (χ4n) is 4.50. The van der Waals surface area contributed by atoms with Crippen LogP contribution in [-0.4, -0.2) is 76.6 Å². The third kappa shape index (κ3) is 7.70. The molecule has 4 atom stereocenters. The highest BCUT2D eigenvalue weighted by molar-refractivity contribution is 5.91. The molecule has 38 heavy (non-hydrogen) atoms. The Kier molecular flexibility index (Phi) is 9.62. The van der Waals surface area contributed by atoms with Crippen LogP contribution >= 0.6 is 0 Å². The lowest BCUT2D eigenvalue weighted by molar-refractivity contribution is 0.0947. The van der Waals surface area contributed by atoms with Gasteiger partial charge >= 0.3 is 0 Å². The van der Waals surface area contributed by atoms with Crippen LogP contribution in [0.3, 0.4) is 0 Å². The van der Waals surface area contributed by atoms with Crippen molar-refractivity contribution in [3.05, 3.63) is 41.7 Å². The summed E-state index contributed by atoms with van der Waals surface area (Å²) in [7, 11) is 0. The first-order valence-corrected chi connectivity index (χ1v) is 13.7. The molecule has 0 aliphatic carbocycles. The Morgan fingerprint density at radius 2 is 1.97 bits per heavy atom. The van der Waals surface area contributed by atoms with E-state index in [0.717, 1.165) is 44.0 Å². The Labute approximate surface area is 223 Å². The lowest BCUT2D eigenvalue weighted by Crippen LogP contribution is -2.25. The average Bonchev–Trinajstić information content (AvgIpc) is 3.70. The largest absolute Gasteiger partial charge is 0.391 e. The van der Waals surface area contributed by atoms with Gasteiger partial charge in [0.2, 0.25) is 0 Å². The van der Waals surface area contributed by atoms with Crippen molar-refractivity contribution in [2.45, 2.75) is 90.4 Å². The van der Waals surface area contributed by atoms with Crippen LogP contribution in [0.5, 0.6) is 0 Å². The Bertz CT molecular complexity index is 1150. The number of nitrogens with one attached hydrogen (secondary N) is 1. The van der Waals surface area contributed by atoms with Crippen molar-refractivity contribution in [3.63, 3.8) is 0 Å². The number of nitrogens with zero attached hydrogens (tertiary/aromatic N) is 8. The molecule has 12 nitrogen and oxygen atoms in total. The first-order chi connectivity index (χ1) is 18.3. The standard InChI is InChI=1S/C26H41N9O3/c1-18(2)34-16-25(29-32-34)26(37)27-10-7-20(4)24-13-28-35(31-24)15-22(36)6-5-19(3)23-8-11-33(30-23)14-21-9-12-38-17-21/h8,11,13,16,18-22,36H,5-7,9-10,12,14-15,17H2,1-4H3,(H,27,37)/t19?,20?,21-,22+/m0/s1. The second-order valence-electron chi connectivity index (χ2n) is 10.8. The fourth-order valence-corrected chi connectivity index (χ4v) is 4.50. The van der Waals surface area contributed by atoms with Crippen LogP contribution in [-0.2, 0) is 17.8 Å². The van der Waals surface area contributed by atoms with Crippen molar-refractivity contribution < 1.29 is 14.6 Å². The Balaban J connectivity index is 1.16. The van der Waals surface area contributed by atoms with Gasteiger partial charge in [0.1, 0.15) is 0 Å². The SMILES string of the molecule is CC(CC[C@@H](O)Cn1ncc(C(C)CCNC(=O)c2cn(C(C)C)nn2)n1)c1ccn(C[C@@H]2CCOC2)n1. The van der Waals surface area contributed by atoms with Crippen LogP contribution in [0.15, 0.2) is 24.7 Å². The number of carbonyl (C=O) groups excluding carboxylic acids is 1. The summed E-state index contributed by atoms with van der Waals surface area (Å²) >= 11 is 0. The minimum Gasteiger partial charge on any atom is -0.391 e. The van der Waals surface area contributed by atoms with Crippen molar-refractivity contribution in [2.24, 2.45) is 5.92 Å². The fraction of sp³-hybridized carbons (Fsp3) is 0.692. The van der Waals surface area contributed by atoms with Gasteiger partial charge in [-0.2, -0.15) is 20.1 Å². The lowest BCUT2D eigenvalue weighted by Gasteiger charge is -2.13. The third-order valence-corrected chi connectivity index (χ3v) is 7.14. The molecule has 1 aliphatic heterocycles. The molecule has 4 heterocycles. The van der Waals surface area contributed by atoms with Crippen LogP contribution in [0.2, 0.25) is 0 Å². The molecule has 2 unspecified atom stereocenters. The molecule has 4 rings (SSSR count). The summed E-state index contributed by atoms with van der Waals surface area (Å²) in [6.07, 6.45) is 8.18. The number of aromatic nitrogens is 8. The first-order valence-electron chi connectivity index (χ1n) is 13.7. The maximum atomic E-state index is 12.3. The smallest absolute Gasteiger partial charge is 0.273 e. The number of carbonyl (C=O) groups is 1. The van der Waals surface area contributed by atoms with Gasteiger partial charge in [-0.25, -0.2) is 4.68 Å². The topological polar surface area (TPSA) is 138 Å². The summed E-state index contributed by atoms with van der Waals surface area (Å²) in [6.45, 7) is 11.6. The predicted octanol–water partition coefficient (Wildman–Crippen LogP) is 2.55. The minimum atomic E-state index is -0.538. The third-order valence-electron chi connectivity index (χ3n) is 7.14. The lowest BCUT2D eigenvalue weighted by atomic mass is 10.00. The molecule has 0 spiro atoms. The van der Waals surface area contributed by atoms with E-state index in [9.17, 15) is 9.90 Å². The number of aliphatic hydroxyl groups excluding tert-OH is 1. The van der Waals surface area contributed by atoms with E-state index in [1.165, 1.54) is 0 Å². The van der Waals surface area contributed by atoms with Crippen molar-refractivity contribution >= 4 is 5.91 Å². The van der Waals surface area contributed by atoms with E-state index in [2.05, 4.69) is 38.8 Å². The van der Waals surface area contributed by atoms with Gasteiger partial charge in [-0.05, 0) is 45.6 Å². The maximum Gasteiger partial charge on any atom is 0.273 e. The number of rotatable bonds is 14. The summed E-state index contributed by atoms with van der Waals surface area (Å²) in [5, 5.41) is 35.0. The molecular formula is C26H41N9O3.